The fourth-order valence-corrected chi connectivity index (χ4v) is 5.72. The SMILES string of the molecule is CCC(Sc1nc2cc3c(cc2c(=O)n1Cc1ccc2c(c1)OCO2)OCO3)C(=O)N1CCCC1. The van der Waals surface area contributed by atoms with Gasteiger partial charge in [0.1, 0.15) is 0 Å². The number of hydrogen-bond acceptors (Lipinski definition) is 8. The van der Waals surface area contributed by atoms with Crippen LogP contribution in [0.1, 0.15) is 31.7 Å². The third kappa shape index (κ3) is 4.05. The summed E-state index contributed by atoms with van der Waals surface area (Å²) in [7, 11) is 0. The van der Waals surface area contributed by atoms with E-state index in [0.29, 0.717) is 45.5 Å². The molecular weight excluding hydrogens is 470 g/mol. The molecule has 0 saturated carbocycles. The van der Waals surface area contributed by atoms with Gasteiger partial charge in [0, 0.05) is 19.2 Å². The average molecular weight is 496 g/mol. The number of thioether (sulfide) groups is 1. The molecule has 182 valence electrons. The molecule has 3 aliphatic rings. The highest BCUT2D eigenvalue weighted by Crippen LogP contribution is 2.36. The van der Waals surface area contributed by atoms with Gasteiger partial charge in [0.15, 0.2) is 28.2 Å². The Hall–Kier alpha value is -3.40. The summed E-state index contributed by atoms with van der Waals surface area (Å²) in [5, 5.41) is 0.617. The van der Waals surface area contributed by atoms with Gasteiger partial charge in [0.2, 0.25) is 19.5 Å². The molecule has 1 aromatic heterocycles. The van der Waals surface area contributed by atoms with Gasteiger partial charge >= 0.3 is 0 Å². The summed E-state index contributed by atoms with van der Waals surface area (Å²) in [5.74, 6) is 2.53. The number of amides is 1. The maximum atomic E-state index is 13.7. The van der Waals surface area contributed by atoms with E-state index in [1.807, 2.05) is 30.0 Å². The highest BCUT2D eigenvalue weighted by atomic mass is 32.2. The third-order valence-corrected chi connectivity index (χ3v) is 7.84. The number of likely N-dealkylation sites (tertiary alicyclic amines) is 1. The van der Waals surface area contributed by atoms with Crippen LogP contribution in [-0.4, -0.2) is 52.3 Å². The molecular formula is C25H25N3O6S. The molecule has 9 nitrogen and oxygen atoms in total. The number of carbonyl (C=O) groups is 1. The highest BCUT2D eigenvalue weighted by molar-refractivity contribution is 8.00. The molecule has 1 amide bonds. The molecule has 3 aliphatic heterocycles. The molecule has 1 unspecified atom stereocenters. The van der Waals surface area contributed by atoms with E-state index in [0.717, 1.165) is 31.5 Å². The lowest BCUT2D eigenvalue weighted by molar-refractivity contribution is -0.129. The van der Waals surface area contributed by atoms with E-state index in [9.17, 15) is 9.59 Å². The molecule has 35 heavy (non-hydrogen) atoms. The van der Waals surface area contributed by atoms with Crippen molar-refractivity contribution in [2.24, 2.45) is 0 Å². The number of fused-ring (bicyclic) bond motifs is 3. The normalized spacial score (nSPS) is 16.8. The van der Waals surface area contributed by atoms with E-state index >= 15 is 0 Å². The molecule has 0 N–H and O–H groups in total. The summed E-state index contributed by atoms with van der Waals surface area (Å²) in [6.45, 7) is 4.14. The van der Waals surface area contributed by atoms with Crippen molar-refractivity contribution in [1.82, 2.24) is 14.5 Å². The maximum absolute atomic E-state index is 13.7. The Kier molecular flexibility index (Phi) is 5.68. The zero-order chi connectivity index (χ0) is 23.9. The van der Waals surface area contributed by atoms with Gasteiger partial charge in [0.25, 0.3) is 5.56 Å². The van der Waals surface area contributed by atoms with Crippen LogP contribution in [0.4, 0.5) is 0 Å². The predicted octanol–water partition coefficient (Wildman–Crippen LogP) is 3.40. The van der Waals surface area contributed by atoms with Crippen molar-refractivity contribution in [1.29, 1.82) is 0 Å². The molecule has 10 heteroatoms. The average Bonchev–Trinajstić information content (AvgIpc) is 3.64. The highest BCUT2D eigenvalue weighted by Gasteiger charge is 2.28. The summed E-state index contributed by atoms with van der Waals surface area (Å²) in [6.07, 6.45) is 2.70. The first kappa shape index (κ1) is 22.1. The Morgan fingerprint density at radius 3 is 2.43 bits per heavy atom. The van der Waals surface area contributed by atoms with Gasteiger partial charge in [-0.15, -0.1) is 0 Å². The molecule has 1 saturated heterocycles. The van der Waals surface area contributed by atoms with Crippen LogP contribution in [0.3, 0.4) is 0 Å². The van der Waals surface area contributed by atoms with Crippen molar-refractivity contribution < 1.29 is 23.7 Å². The predicted molar refractivity (Wildman–Crippen MR) is 130 cm³/mol. The first-order valence-electron chi connectivity index (χ1n) is 11.8. The van der Waals surface area contributed by atoms with Crippen LogP contribution in [0.5, 0.6) is 23.0 Å². The van der Waals surface area contributed by atoms with Crippen LogP contribution in [0, 0.1) is 0 Å². The lowest BCUT2D eigenvalue weighted by atomic mass is 10.2. The van der Waals surface area contributed by atoms with Crippen LogP contribution in [-0.2, 0) is 11.3 Å². The van der Waals surface area contributed by atoms with Gasteiger partial charge < -0.3 is 23.8 Å². The third-order valence-electron chi connectivity index (χ3n) is 6.50. The smallest absolute Gasteiger partial charge is 0.262 e. The zero-order valence-corrected chi connectivity index (χ0v) is 20.1. The molecule has 0 spiro atoms. The van der Waals surface area contributed by atoms with Crippen LogP contribution in [0.25, 0.3) is 10.9 Å². The van der Waals surface area contributed by atoms with E-state index in [1.54, 1.807) is 16.7 Å². The second-order valence-electron chi connectivity index (χ2n) is 8.74. The summed E-state index contributed by atoms with van der Waals surface area (Å²) in [5.41, 5.74) is 1.20. The quantitative estimate of drug-likeness (QED) is 0.380. The Labute approximate surface area is 205 Å². The first-order chi connectivity index (χ1) is 17.1. The second-order valence-corrected chi connectivity index (χ2v) is 9.91. The fourth-order valence-electron chi connectivity index (χ4n) is 4.62. The van der Waals surface area contributed by atoms with Crippen molar-refractivity contribution in [2.75, 3.05) is 26.7 Å². The van der Waals surface area contributed by atoms with Gasteiger partial charge in [-0.3, -0.25) is 14.2 Å². The van der Waals surface area contributed by atoms with Crippen LogP contribution in [0.2, 0.25) is 0 Å². The molecule has 0 bridgehead atoms. The first-order valence-corrected chi connectivity index (χ1v) is 12.7. The molecule has 1 atom stereocenters. The minimum atomic E-state index is -0.325. The standard InChI is InChI=1S/C25H25N3O6S/c1-2-22(24(30)27-7-3-4-8-27)35-25-26-17-11-21-20(33-14-34-21)10-16(17)23(29)28(25)12-15-5-6-18-19(9-15)32-13-31-18/h5-6,9-11,22H,2-4,7-8,12-14H2,1H3. The lowest BCUT2D eigenvalue weighted by Gasteiger charge is -2.23. The summed E-state index contributed by atoms with van der Waals surface area (Å²) in [4.78, 5) is 33.7. The van der Waals surface area contributed by atoms with E-state index in [1.165, 1.54) is 11.8 Å². The van der Waals surface area contributed by atoms with Crippen LogP contribution in [0.15, 0.2) is 40.3 Å². The Morgan fingerprint density at radius 1 is 1.00 bits per heavy atom. The Morgan fingerprint density at radius 2 is 1.69 bits per heavy atom. The second kappa shape index (κ2) is 8.99. The number of hydrogen-bond donors (Lipinski definition) is 0. The summed E-state index contributed by atoms with van der Waals surface area (Å²) < 4.78 is 23.6. The van der Waals surface area contributed by atoms with E-state index in [2.05, 4.69) is 0 Å². The minimum Gasteiger partial charge on any atom is -0.454 e. The maximum Gasteiger partial charge on any atom is 0.262 e. The molecule has 6 rings (SSSR count). The topological polar surface area (TPSA) is 92.1 Å². The van der Waals surface area contributed by atoms with Crippen molar-refractivity contribution in [2.45, 2.75) is 43.1 Å². The summed E-state index contributed by atoms with van der Waals surface area (Å²) in [6, 6.07) is 9.04. The number of aromatic nitrogens is 2. The monoisotopic (exact) mass is 495 g/mol. The molecule has 0 aliphatic carbocycles. The zero-order valence-electron chi connectivity index (χ0n) is 19.3. The van der Waals surface area contributed by atoms with Crippen LogP contribution < -0.4 is 24.5 Å². The Bertz CT molecular complexity index is 1370. The number of nitrogens with zero attached hydrogens (tertiary/aromatic N) is 3. The lowest BCUT2D eigenvalue weighted by Crippen LogP contribution is -2.36. The van der Waals surface area contributed by atoms with Gasteiger partial charge in [-0.05, 0) is 43.0 Å². The minimum absolute atomic E-state index is 0.102. The molecule has 3 aromatic rings. The van der Waals surface area contributed by atoms with Gasteiger partial charge in [0.05, 0.1) is 22.7 Å². The number of carbonyl (C=O) groups excluding carboxylic acids is 1. The molecule has 4 heterocycles. The molecule has 0 radical (unpaired) electrons. The van der Waals surface area contributed by atoms with Crippen molar-refractivity contribution >= 4 is 28.6 Å². The van der Waals surface area contributed by atoms with Crippen molar-refractivity contribution in [3.8, 4) is 23.0 Å². The summed E-state index contributed by atoms with van der Waals surface area (Å²) >= 11 is 1.35. The Balaban J connectivity index is 1.42. The van der Waals surface area contributed by atoms with Gasteiger partial charge in [-0.2, -0.15) is 0 Å². The van der Waals surface area contributed by atoms with E-state index in [-0.39, 0.29) is 36.8 Å². The molecule has 2 aromatic carbocycles. The van der Waals surface area contributed by atoms with Crippen molar-refractivity contribution in [3.05, 3.63) is 46.2 Å². The van der Waals surface area contributed by atoms with Crippen LogP contribution >= 0.6 is 11.8 Å². The molecule has 1 fully saturated rings. The fraction of sp³-hybridized carbons (Fsp3) is 0.400. The number of ether oxygens (including phenoxy) is 4. The number of rotatable bonds is 6. The van der Waals surface area contributed by atoms with Crippen molar-refractivity contribution in [3.63, 3.8) is 0 Å². The van der Waals surface area contributed by atoms with E-state index < -0.39 is 0 Å². The number of benzene rings is 2. The van der Waals surface area contributed by atoms with Gasteiger partial charge in [-0.1, -0.05) is 24.8 Å². The van der Waals surface area contributed by atoms with Gasteiger partial charge in [-0.25, -0.2) is 4.98 Å². The van der Waals surface area contributed by atoms with E-state index in [4.69, 9.17) is 23.9 Å². The largest absolute Gasteiger partial charge is 0.454 e.